The first-order chi connectivity index (χ1) is 2.93. The molecule has 1 aliphatic carbocycles. The molecule has 0 aromatic heterocycles. The van der Waals surface area contributed by atoms with E-state index in [1.54, 1.807) is 0 Å². The van der Waals surface area contributed by atoms with Crippen LogP contribution in [-0.4, -0.2) is 9.76 Å². The number of hydrogen-bond acceptors (Lipinski definition) is 1. The van der Waals surface area contributed by atoms with Crippen molar-refractivity contribution in [1.82, 2.24) is 0 Å². The molecule has 0 unspecified atom stereocenters. The quantitative estimate of drug-likeness (QED) is 0.467. The molecule has 0 N–H and O–H groups in total. The molecule has 0 heterocycles. The summed E-state index contributed by atoms with van der Waals surface area (Å²) in [6, 6.07) is 0. The molecule has 0 spiro atoms. The minimum Gasteiger partial charge on any atom is -0.544 e. The zero-order valence-electron chi connectivity index (χ0n) is 3.69. The Morgan fingerprint density at radius 3 is 2.83 bits per heavy atom. The zero-order chi connectivity index (χ0) is 4.41. The van der Waals surface area contributed by atoms with Gasteiger partial charge in [0.25, 0.3) is 0 Å². The second kappa shape index (κ2) is 1.47. The van der Waals surface area contributed by atoms with Gasteiger partial charge in [-0.05, 0) is 12.6 Å². The van der Waals surface area contributed by atoms with E-state index in [-0.39, 0.29) is 0 Å². The Hall–Kier alpha value is -0.243. The van der Waals surface area contributed by atoms with Crippen LogP contribution >= 0.6 is 0 Å². The van der Waals surface area contributed by atoms with Crippen LogP contribution < -0.4 is 0 Å². The van der Waals surface area contributed by atoms with Crippen molar-refractivity contribution in [2.75, 3.05) is 0 Å². The van der Waals surface area contributed by atoms with Gasteiger partial charge in [-0.3, -0.25) is 0 Å². The molecule has 0 bridgehead atoms. The van der Waals surface area contributed by atoms with Crippen LogP contribution in [0.5, 0.6) is 0 Å². The van der Waals surface area contributed by atoms with Gasteiger partial charge in [-0.2, -0.15) is 0 Å². The van der Waals surface area contributed by atoms with Crippen LogP contribution in [0.15, 0.2) is 11.8 Å². The zero-order valence-corrected chi connectivity index (χ0v) is 4.69. The van der Waals surface area contributed by atoms with Crippen LogP contribution in [0.1, 0.15) is 6.42 Å². The van der Waals surface area contributed by atoms with Crippen LogP contribution in [0.4, 0.5) is 0 Å². The van der Waals surface area contributed by atoms with Crippen LogP contribution in [0.2, 0.25) is 6.55 Å². The summed E-state index contributed by atoms with van der Waals surface area (Å²) in [5.41, 5.74) is 0. The van der Waals surface area contributed by atoms with Gasteiger partial charge in [0, 0.05) is 6.42 Å². The minimum atomic E-state index is 0.632. The van der Waals surface area contributed by atoms with Crippen molar-refractivity contribution in [3.8, 4) is 0 Å². The molecule has 1 nitrogen and oxygen atoms in total. The average Bonchev–Trinajstić information content (AvgIpc) is 2.21. The highest BCUT2D eigenvalue weighted by Crippen LogP contribution is 2.17. The molecule has 1 rings (SSSR count). The minimum absolute atomic E-state index is 0.632. The van der Waals surface area contributed by atoms with Gasteiger partial charge < -0.3 is 4.43 Å². The van der Waals surface area contributed by atoms with Crippen molar-refractivity contribution in [3.05, 3.63) is 11.8 Å². The van der Waals surface area contributed by atoms with Gasteiger partial charge in [-0.25, -0.2) is 0 Å². The molecule has 0 amide bonds. The SMILES string of the molecule is C[Si]OC1=CC1. The molecular weight excluding hydrogens is 92.1 g/mol. The summed E-state index contributed by atoms with van der Waals surface area (Å²) in [6.07, 6.45) is 3.18. The molecule has 2 radical (unpaired) electrons. The maximum atomic E-state index is 5.04. The Labute approximate surface area is 39.9 Å². The van der Waals surface area contributed by atoms with Crippen molar-refractivity contribution >= 4 is 9.76 Å². The predicted molar refractivity (Wildman–Crippen MR) is 25.4 cm³/mol. The maximum Gasteiger partial charge on any atom is 0.306 e. The van der Waals surface area contributed by atoms with Crippen LogP contribution in [0.25, 0.3) is 0 Å². The fourth-order valence-corrected chi connectivity index (χ4v) is 0.685. The lowest BCUT2D eigenvalue weighted by atomic mass is 10.9. The van der Waals surface area contributed by atoms with E-state index in [4.69, 9.17) is 4.43 Å². The first-order valence-electron chi connectivity index (χ1n) is 1.96. The second-order valence-electron chi connectivity index (χ2n) is 1.18. The largest absolute Gasteiger partial charge is 0.544 e. The summed E-state index contributed by atoms with van der Waals surface area (Å²) in [6.45, 7) is 2.03. The molecule has 0 aliphatic heterocycles. The summed E-state index contributed by atoms with van der Waals surface area (Å²) in [7, 11) is 0.632. The molecule has 6 heavy (non-hydrogen) atoms. The van der Waals surface area contributed by atoms with Crippen molar-refractivity contribution in [2.45, 2.75) is 13.0 Å². The summed E-state index contributed by atoms with van der Waals surface area (Å²) >= 11 is 0. The van der Waals surface area contributed by atoms with Gasteiger partial charge in [-0.1, -0.05) is 0 Å². The Bertz CT molecular complexity index is 77.6. The molecule has 32 valence electrons. The van der Waals surface area contributed by atoms with Gasteiger partial charge in [0.15, 0.2) is 0 Å². The van der Waals surface area contributed by atoms with Crippen LogP contribution in [0, 0.1) is 0 Å². The van der Waals surface area contributed by atoms with Gasteiger partial charge in [0.05, 0.1) is 5.76 Å². The number of rotatable bonds is 2. The fourth-order valence-electron chi connectivity index (χ4n) is 0.256. The Morgan fingerprint density at radius 2 is 2.67 bits per heavy atom. The summed E-state index contributed by atoms with van der Waals surface area (Å²) < 4.78 is 5.04. The van der Waals surface area contributed by atoms with Gasteiger partial charge in [0.2, 0.25) is 0 Å². The highest BCUT2D eigenvalue weighted by Gasteiger charge is 2.05. The third kappa shape index (κ3) is 0.862. The van der Waals surface area contributed by atoms with Crippen molar-refractivity contribution in [3.63, 3.8) is 0 Å². The lowest BCUT2D eigenvalue weighted by Gasteiger charge is -1.87. The van der Waals surface area contributed by atoms with E-state index >= 15 is 0 Å². The lowest BCUT2D eigenvalue weighted by molar-refractivity contribution is 0.481. The molecule has 0 aromatic rings. The molecule has 0 saturated carbocycles. The third-order valence-corrected chi connectivity index (χ3v) is 1.07. The van der Waals surface area contributed by atoms with E-state index in [0.29, 0.717) is 9.76 Å². The molecule has 0 fully saturated rings. The smallest absolute Gasteiger partial charge is 0.306 e. The number of allylic oxidation sites excluding steroid dienone is 2. The van der Waals surface area contributed by atoms with Gasteiger partial charge >= 0.3 is 9.76 Å². The summed E-state index contributed by atoms with van der Waals surface area (Å²) in [5, 5.41) is 0. The molecule has 0 aromatic carbocycles. The fraction of sp³-hybridized carbons (Fsp3) is 0.500. The molecule has 2 heteroatoms. The maximum absolute atomic E-state index is 5.04. The summed E-state index contributed by atoms with van der Waals surface area (Å²) in [4.78, 5) is 0. The highest BCUT2D eigenvalue weighted by atomic mass is 28.2. The van der Waals surface area contributed by atoms with Gasteiger partial charge in [-0.15, -0.1) is 0 Å². The van der Waals surface area contributed by atoms with Crippen molar-refractivity contribution < 1.29 is 4.43 Å². The Morgan fingerprint density at radius 1 is 2.00 bits per heavy atom. The van der Waals surface area contributed by atoms with Gasteiger partial charge in [0.1, 0.15) is 0 Å². The Kier molecular flexibility index (Phi) is 0.963. The molecule has 1 aliphatic rings. The average molecular weight is 98.2 g/mol. The number of hydrogen-bond donors (Lipinski definition) is 0. The normalized spacial score (nSPS) is 16.5. The molecular formula is C4H6OSi. The van der Waals surface area contributed by atoms with E-state index < -0.39 is 0 Å². The summed E-state index contributed by atoms with van der Waals surface area (Å²) in [5.74, 6) is 1.18. The molecule has 0 atom stereocenters. The second-order valence-corrected chi connectivity index (χ2v) is 1.79. The van der Waals surface area contributed by atoms with E-state index in [9.17, 15) is 0 Å². The van der Waals surface area contributed by atoms with E-state index in [1.807, 2.05) is 6.55 Å². The highest BCUT2D eigenvalue weighted by molar-refractivity contribution is 6.25. The first kappa shape index (κ1) is 3.93. The van der Waals surface area contributed by atoms with Crippen LogP contribution in [-0.2, 0) is 4.43 Å². The standard InChI is InChI=1S/C4H6OSi/c1-6-5-4-2-3-4/h2H,3H2,1H3. The van der Waals surface area contributed by atoms with Crippen molar-refractivity contribution in [1.29, 1.82) is 0 Å². The van der Waals surface area contributed by atoms with E-state index in [0.717, 1.165) is 6.42 Å². The monoisotopic (exact) mass is 98.0 g/mol. The van der Waals surface area contributed by atoms with E-state index in [1.165, 1.54) is 5.76 Å². The lowest BCUT2D eigenvalue weighted by Crippen LogP contribution is -1.82. The first-order valence-corrected chi connectivity index (χ1v) is 3.37. The topological polar surface area (TPSA) is 9.23 Å². The molecule has 0 saturated heterocycles. The van der Waals surface area contributed by atoms with E-state index in [2.05, 4.69) is 6.08 Å². The Balaban J connectivity index is 2.02. The van der Waals surface area contributed by atoms with Crippen LogP contribution in [0.3, 0.4) is 0 Å². The van der Waals surface area contributed by atoms with Crippen molar-refractivity contribution in [2.24, 2.45) is 0 Å². The predicted octanol–water partition coefficient (Wildman–Crippen LogP) is 0.958. The third-order valence-electron chi connectivity index (χ3n) is 0.604.